The van der Waals surface area contributed by atoms with Crippen molar-refractivity contribution < 1.29 is 27.9 Å². The minimum absolute atomic E-state index is 0.0777. The molecule has 2 aliphatic rings. The number of aliphatic carboxylic acids is 1. The van der Waals surface area contributed by atoms with Crippen LogP contribution in [-0.4, -0.2) is 67.1 Å². The van der Waals surface area contributed by atoms with Crippen LogP contribution in [0.15, 0.2) is 0 Å². The highest BCUT2D eigenvalue weighted by atomic mass is 32.2. The third-order valence-corrected chi connectivity index (χ3v) is 5.82. The van der Waals surface area contributed by atoms with Crippen LogP contribution < -0.4 is 0 Å². The van der Waals surface area contributed by atoms with Gasteiger partial charge in [-0.05, 0) is 12.8 Å². The lowest BCUT2D eigenvalue weighted by Crippen LogP contribution is -2.53. The van der Waals surface area contributed by atoms with Crippen LogP contribution in [0.5, 0.6) is 0 Å². The Labute approximate surface area is 111 Å². The molecule has 0 aliphatic carbocycles. The second-order valence-corrected chi connectivity index (χ2v) is 7.32. The molecule has 19 heavy (non-hydrogen) atoms. The molecule has 0 aromatic rings. The molecule has 2 unspecified atom stereocenters. The SMILES string of the molecule is O=C(O)C1CN(CC2CCCCS2(=O)=O)C(=O)CO1. The van der Waals surface area contributed by atoms with Gasteiger partial charge in [-0.2, -0.15) is 0 Å². The number of ether oxygens (including phenoxy) is 1. The summed E-state index contributed by atoms with van der Waals surface area (Å²) in [5, 5.41) is 8.30. The quantitative estimate of drug-likeness (QED) is 0.735. The monoisotopic (exact) mass is 291 g/mol. The summed E-state index contributed by atoms with van der Waals surface area (Å²) in [6, 6.07) is 0. The fraction of sp³-hybridized carbons (Fsp3) is 0.818. The highest BCUT2D eigenvalue weighted by Gasteiger charge is 2.36. The van der Waals surface area contributed by atoms with E-state index in [2.05, 4.69) is 0 Å². The third kappa shape index (κ3) is 3.24. The maximum Gasteiger partial charge on any atom is 0.334 e. The smallest absolute Gasteiger partial charge is 0.334 e. The summed E-state index contributed by atoms with van der Waals surface area (Å²) in [6.07, 6.45) is 0.951. The number of carboxylic acids is 1. The van der Waals surface area contributed by atoms with Gasteiger partial charge in [0.1, 0.15) is 6.61 Å². The van der Waals surface area contributed by atoms with E-state index in [1.165, 1.54) is 4.90 Å². The molecular formula is C11H17NO6S. The third-order valence-electron chi connectivity index (χ3n) is 3.56. The molecule has 2 saturated heterocycles. The van der Waals surface area contributed by atoms with Crippen LogP contribution in [-0.2, 0) is 24.2 Å². The van der Waals surface area contributed by atoms with Crippen molar-refractivity contribution in [2.45, 2.75) is 30.6 Å². The van der Waals surface area contributed by atoms with E-state index in [0.29, 0.717) is 12.8 Å². The largest absolute Gasteiger partial charge is 0.479 e. The van der Waals surface area contributed by atoms with Crippen LogP contribution in [0, 0.1) is 0 Å². The van der Waals surface area contributed by atoms with Crippen LogP contribution >= 0.6 is 0 Å². The van der Waals surface area contributed by atoms with Crippen LogP contribution in [0.4, 0.5) is 0 Å². The van der Waals surface area contributed by atoms with Gasteiger partial charge in [-0.1, -0.05) is 6.42 Å². The Bertz CT molecular complexity index is 474. The van der Waals surface area contributed by atoms with E-state index in [1.54, 1.807) is 0 Å². The Balaban J connectivity index is 2.04. The number of hydrogen-bond acceptors (Lipinski definition) is 5. The van der Waals surface area contributed by atoms with E-state index in [9.17, 15) is 18.0 Å². The summed E-state index contributed by atoms with van der Waals surface area (Å²) in [4.78, 5) is 23.8. The molecule has 108 valence electrons. The summed E-state index contributed by atoms with van der Waals surface area (Å²) < 4.78 is 28.7. The van der Waals surface area contributed by atoms with Crippen molar-refractivity contribution in [2.24, 2.45) is 0 Å². The maximum absolute atomic E-state index is 11.9. The number of hydrogen-bond donors (Lipinski definition) is 1. The average molecular weight is 291 g/mol. The summed E-state index contributed by atoms with van der Waals surface area (Å²) in [6.45, 7) is -0.307. The zero-order chi connectivity index (χ0) is 14.0. The fourth-order valence-electron chi connectivity index (χ4n) is 2.42. The second kappa shape index (κ2) is 5.46. The van der Waals surface area contributed by atoms with Crippen molar-refractivity contribution in [2.75, 3.05) is 25.4 Å². The molecular weight excluding hydrogens is 274 g/mol. The Morgan fingerprint density at radius 2 is 2.16 bits per heavy atom. The Morgan fingerprint density at radius 1 is 1.42 bits per heavy atom. The molecule has 1 N–H and O–H groups in total. The van der Waals surface area contributed by atoms with E-state index in [-0.39, 0.29) is 31.4 Å². The first kappa shape index (κ1) is 14.3. The molecule has 2 atom stereocenters. The average Bonchev–Trinajstić information content (AvgIpc) is 2.34. The standard InChI is InChI=1S/C11H17NO6S/c13-10-7-18-9(11(14)15)6-12(10)5-8-3-1-2-4-19(8,16)17/h8-9H,1-7H2,(H,14,15). The topological polar surface area (TPSA) is 101 Å². The normalized spacial score (nSPS) is 31.2. The molecule has 0 radical (unpaired) electrons. The predicted octanol–water partition coefficient (Wildman–Crippen LogP) is -0.734. The molecule has 0 saturated carbocycles. The van der Waals surface area contributed by atoms with Crippen molar-refractivity contribution in [1.82, 2.24) is 4.90 Å². The first-order chi connectivity index (χ1) is 8.90. The van der Waals surface area contributed by atoms with E-state index in [4.69, 9.17) is 9.84 Å². The summed E-state index contributed by atoms with van der Waals surface area (Å²) in [5.74, 6) is -1.33. The second-order valence-electron chi connectivity index (χ2n) is 4.92. The van der Waals surface area contributed by atoms with Gasteiger partial charge < -0.3 is 14.7 Å². The van der Waals surface area contributed by atoms with Crippen LogP contribution in [0.2, 0.25) is 0 Å². The van der Waals surface area contributed by atoms with Crippen LogP contribution in [0.3, 0.4) is 0 Å². The zero-order valence-electron chi connectivity index (χ0n) is 10.4. The lowest BCUT2D eigenvalue weighted by Gasteiger charge is -2.34. The summed E-state index contributed by atoms with van der Waals surface area (Å²) >= 11 is 0. The van der Waals surface area contributed by atoms with Crippen molar-refractivity contribution in [1.29, 1.82) is 0 Å². The molecule has 0 bridgehead atoms. The predicted molar refractivity (Wildman–Crippen MR) is 65.4 cm³/mol. The first-order valence-corrected chi connectivity index (χ1v) is 7.95. The van der Waals surface area contributed by atoms with Crippen LogP contribution in [0.1, 0.15) is 19.3 Å². The number of nitrogens with zero attached hydrogens (tertiary/aromatic N) is 1. The lowest BCUT2D eigenvalue weighted by atomic mass is 10.1. The van der Waals surface area contributed by atoms with Gasteiger partial charge in [0.05, 0.1) is 17.5 Å². The highest BCUT2D eigenvalue weighted by Crippen LogP contribution is 2.21. The van der Waals surface area contributed by atoms with Gasteiger partial charge >= 0.3 is 5.97 Å². The number of morpholine rings is 1. The lowest BCUT2D eigenvalue weighted by molar-refractivity contribution is -0.164. The molecule has 7 nitrogen and oxygen atoms in total. The minimum atomic E-state index is -3.17. The first-order valence-electron chi connectivity index (χ1n) is 6.24. The minimum Gasteiger partial charge on any atom is -0.479 e. The molecule has 0 aromatic carbocycles. The molecule has 2 aliphatic heterocycles. The molecule has 0 aromatic heterocycles. The van der Waals surface area contributed by atoms with Gasteiger partial charge in [-0.25, -0.2) is 13.2 Å². The van der Waals surface area contributed by atoms with E-state index in [0.717, 1.165) is 6.42 Å². The maximum atomic E-state index is 11.9. The van der Waals surface area contributed by atoms with Gasteiger partial charge in [0, 0.05) is 6.54 Å². The number of rotatable bonds is 3. The molecule has 2 fully saturated rings. The van der Waals surface area contributed by atoms with Crippen molar-refractivity contribution in [3.63, 3.8) is 0 Å². The number of amides is 1. The van der Waals surface area contributed by atoms with E-state index < -0.39 is 27.2 Å². The van der Waals surface area contributed by atoms with Gasteiger partial charge in [-0.15, -0.1) is 0 Å². The zero-order valence-corrected chi connectivity index (χ0v) is 11.3. The van der Waals surface area contributed by atoms with Crippen molar-refractivity contribution in [3.8, 4) is 0 Å². The van der Waals surface area contributed by atoms with Crippen molar-refractivity contribution >= 4 is 21.7 Å². The van der Waals surface area contributed by atoms with Gasteiger partial charge in [0.15, 0.2) is 15.9 Å². The Morgan fingerprint density at radius 3 is 2.79 bits per heavy atom. The number of sulfone groups is 1. The fourth-order valence-corrected chi connectivity index (χ4v) is 4.29. The number of carboxylic acid groups (broad SMARTS) is 1. The van der Waals surface area contributed by atoms with E-state index in [1.807, 2.05) is 0 Å². The highest BCUT2D eigenvalue weighted by molar-refractivity contribution is 7.92. The molecule has 2 rings (SSSR count). The number of carbonyl (C=O) groups excluding carboxylic acids is 1. The molecule has 0 spiro atoms. The molecule has 1 amide bonds. The van der Waals surface area contributed by atoms with Gasteiger partial charge in [0.2, 0.25) is 5.91 Å². The summed E-state index contributed by atoms with van der Waals surface area (Å²) in [5.41, 5.74) is 0. The van der Waals surface area contributed by atoms with Gasteiger partial charge in [-0.3, -0.25) is 4.79 Å². The van der Waals surface area contributed by atoms with Gasteiger partial charge in [0.25, 0.3) is 0 Å². The molecule has 8 heteroatoms. The molecule has 2 heterocycles. The van der Waals surface area contributed by atoms with Crippen molar-refractivity contribution in [3.05, 3.63) is 0 Å². The Kier molecular flexibility index (Phi) is 4.10. The Hall–Kier alpha value is -1.15. The van der Waals surface area contributed by atoms with Crippen LogP contribution in [0.25, 0.3) is 0 Å². The summed E-state index contributed by atoms with van der Waals surface area (Å²) in [7, 11) is -3.17. The van der Waals surface area contributed by atoms with E-state index >= 15 is 0 Å². The number of carbonyl (C=O) groups is 2.